The lowest BCUT2D eigenvalue weighted by Gasteiger charge is -2.07. The van der Waals surface area contributed by atoms with Crippen molar-refractivity contribution in [2.75, 3.05) is 0 Å². The fourth-order valence-corrected chi connectivity index (χ4v) is 2.80. The summed E-state index contributed by atoms with van der Waals surface area (Å²) in [5.41, 5.74) is 3.66. The Morgan fingerprint density at radius 1 is 1.33 bits per heavy atom. The molecule has 0 heterocycles. The van der Waals surface area contributed by atoms with Crippen LogP contribution in [-0.4, -0.2) is 9.52 Å². The maximum Gasteiger partial charge on any atom is 0.0524 e. The van der Waals surface area contributed by atoms with Gasteiger partial charge in [-0.1, -0.05) is 49.4 Å². The first kappa shape index (κ1) is 7.81. The number of rotatable bonds is 2. The van der Waals surface area contributed by atoms with E-state index in [-0.39, 0.29) is 0 Å². The fourth-order valence-electron chi connectivity index (χ4n) is 1.65. The summed E-state index contributed by atoms with van der Waals surface area (Å²) in [6.45, 7) is 2.26. The predicted octanol–water partition coefficient (Wildman–Crippen LogP) is 2.90. The first-order valence-corrected chi connectivity index (χ1v) is 5.71. The molecule has 0 bridgehead atoms. The van der Waals surface area contributed by atoms with Crippen LogP contribution in [0.4, 0.5) is 0 Å². The minimum Gasteiger partial charge on any atom is -0.0797 e. The Morgan fingerprint density at radius 3 is 3.00 bits per heavy atom. The van der Waals surface area contributed by atoms with Crippen LogP contribution >= 0.6 is 0 Å². The predicted molar refractivity (Wildman–Crippen MR) is 54.5 cm³/mol. The van der Waals surface area contributed by atoms with Crippen molar-refractivity contribution in [1.29, 1.82) is 0 Å². The molecule has 2 radical (unpaired) electrons. The van der Waals surface area contributed by atoms with Gasteiger partial charge in [0.2, 0.25) is 0 Å². The van der Waals surface area contributed by atoms with Crippen LogP contribution in [0, 0.1) is 0 Å². The summed E-state index contributed by atoms with van der Waals surface area (Å²) in [6.07, 6.45) is 4.59. The van der Waals surface area contributed by atoms with Crippen molar-refractivity contribution >= 4 is 15.6 Å². The average Bonchev–Trinajstić information content (AvgIpc) is 2.50. The van der Waals surface area contributed by atoms with Crippen LogP contribution in [0.1, 0.15) is 23.6 Å². The quantitative estimate of drug-likeness (QED) is 0.602. The van der Waals surface area contributed by atoms with Crippen LogP contribution < -0.4 is 0 Å². The SMILES string of the molecule is CC[Si]C1C=Cc2ccccc21. The minimum atomic E-state index is 0.714. The van der Waals surface area contributed by atoms with Gasteiger partial charge in [-0.25, -0.2) is 0 Å². The van der Waals surface area contributed by atoms with Gasteiger partial charge in [0.25, 0.3) is 0 Å². The Hall–Kier alpha value is -0.823. The third-order valence-electron chi connectivity index (χ3n) is 2.22. The highest BCUT2D eigenvalue weighted by atomic mass is 28.2. The van der Waals surface area contributed by atoms with E-state index in [1.807, 2.05) is 0 Å². The normalized spacial score (nSPS) is 19.6. The molecule has 1 aliphatic rings. The highest BCUT2D eigenvalue weighted by Gasteiger charge is 2.15. The van der Waals surface area contributed by atoms with Gasteiger partial charge in [0.15, 0.2) is 0 Å². The van der Waals surface area contributed by atoms with Crippen LogP contribution in [0.15, 0.2) is 30.3 Å². The molecule has 1 unspecified atom stereocenters. The molecular formula is C11H12Si. The van der Waals surface area contributed by atoms with Gasteiger partial charge >= 0.3 is 0 Å². The molecule has 2 rings (SSSR count). The lowest BCUT2D eigenvalue weighted by molar-refractivity contribution is 1.20. The van der Waals surface area contributed by atoms with E-state index in [1.165, 1.54) is 17.2 Å². The van der Waals surface area contributed by atoms with Gasteiger partial charge in [0.05, 0.1) is 9.52 Å². The van der Waals surface area contributed by atoms with Crippen molar-refractivity contribution < 1.29 is 0 Å². The molecule has 12 heavy (non-hydrogen) atoms. The molecular weight excluding hydrogens is 160 g/mol. The minimum absolute atomic E-state index is 0.714. The highest BCUT2D eigenvalue weighted by molar-refractivity contribution is 6.39. The molecule has 0 spiro atoms. The first-order valence-electron chi connectivity index (χ1n) is 4.42. The Labute approximate surface area is 76.1 Å². The van der Waals surface area contributed by atoms with E-state index >= 15 is 0 Å². The molecule has 1 aliphatic carbocycles. The lowest BCUT2D eigenvalue weighted by Crippen LogP contribution is -2.01. The Bertz CT molecular complexity index is 302. The van der Waals surface area contributed by atoms with E-state index in [9.17, 15) is 0 Å². The fraction of sp³-hybridized carbons (Fsp3) is 0.273. The van der Waals surface area contributed by atoms with Gasteiger partial charge in [-0.05, 0) is 16.7 Å². The summed E-state index contributed by atoms with van der Waals surface area (Å²) in [5.74, 6) is 0. The van der Waals surface area contributed by atoms with Crippen LogP contribution in [0.25, 0.3) is 6.08 Å². The number of benzene rings is 1. The van der Waals surface area contributed by atoms with Gasteiger partial charge in [-0.2, -0.15) is 0 Å². The van der Waals surface area contributed by atoms with E-state index in [1.54, 1.807) is 0 Å². The van der Waals surface area contributed by atoms with Gasteiger partial charge in [0.1, 0.15) is 0 Å². The second kappa shape index (κ2) is 3.28. The highest BCUT2D eigenvalue weighted by Crippen LogP contribution is 2.29. The topological polar surface area (TPSA) is 0 Å². The molecule has 1 aromatic rings. The molecule has 0 N–H and O–H groups in total. The first-order chi connectivity index (χ1) is 5.92. The standard InChI is InChI=1S/C11H12Si/c1-2-12-11-8-7-9-5-3-4-6-10(9)11/h3-8,11H,2H2,1H3. The average molecular weight is 172 g/mol. The largest absolute Gasteiger partial charge is 0.0797 e. The van der Waals surface area contributed by atoms with Crippen molar-refractivity contribution in [3.63, 3.8) is 0 Å². The molecule has 0 saturated carbocycles. The lowest BCUT2D eigenvalue weighted by atomic mass is 10.1. The Kier molecular flexibility index (Phi) is 2.13. The molecule has 1 atom stereocenters. The summed E-state index contributed by atoms with van der Waals surface area (Å²) < 4.78 is 0. The molecule has 1 heteroatoms. The van der Waals surface area contributed by atoms with Crippen molar-refractivity contribution in [3.8, 4) is 0 Å². The second-order valence-electron chi connectivity index (χ2n) is 3.02. The molecule has 0 saturated heterocycles. The zero-order chi connectivity index (χ0) is 8.39. The molecule has 0 aliphatic heterocycles. The number of hydrogen-bond acceptors (Lipinski definition) is 0. The maximum absolute atomic E-state index is 2.34. The molecule has 0 aromatic heterocycles. The smallest absolute Gasteiger partial charge is 0.0524 e. The maximum atomic E-state index is 2.34. The summed E-state index contributed by atoms with van der Waals surface area (Å²) in [6, 6.07) is 10.00. The van der Waals surface area contributed by atoms with E-state index < -0.39 is 0 Å². The van der Waals surface area contributed by atoms with Crippen molar-refractivity contribution in [3.05, 3.63) is 41.5 Å². The van der Waals surface area contributed by atoms with Gasteiger partial charge in [0, 0.05) is 0 Å². The van der Waals surface area contributed by atoms with E-state index in [0.717, 1.165) is 9.52 Å². The summed E-state index contributed by atoms with van der Waals surface area (Å²) in [5, 5.41) is 0. The Balaban J connectivity index is 2.30. The monoisotopic (exact) mass is 172 g/mol. The number of allylic oxidation sites excluding steroid dienone is 1. The summed E-state index contributed by atoms with van der Waals surface area (Å²) in [4.78, 5) is 0. The van der Waals surface area contributed by atoms with Crippen LogP contribution in [0.5, 0.6) is 0 Å². The molecule has 60 valence electrons. The van der Waals surface area contributed by atoms with Gasteiger partial charge in [-0.15, -0.1) is 0 Å². The molecule has 0 nitrogen and oxygen atoms in total. The van der Waals surface area contributed by atoms with Crippen molar-refractivity contribution in [2.24, 2.45) is 0 Å². The number of hydrogen-bond donors (Lipinski definition) is 0. The van der Waals surface area contributed by atoms with Gasteiger partial charge < -0.3 is 0 Å². The van der Waals surface area contributed by atoms with E-state index in [4.69, 9.17) is 0 Å². The zero-order valence-corrected chi connectivity index (χ0v) is 8.25. The zero-order valence-electron chi connectivity index (χ0n) is 7.25. The summed E-state index contributed by atoms with van der Waals surface area (Å²) in [7, 11) is 1.05. The van der Waals surface area contributed by atoms with Crippen LogP contribution in [0.3, 0.4) is 0 Å². The van der Waals surface area contributed by atoms with Gasteiger partial charge in [-0.3, -0.25) is 0 Å². The third-order valence-corrected chi connectivity index (χ3v) is 3.57. The second-order valence-corrected chi connectivity index (χ2v) is 4.76. The van der Waals surface area contributed by atoms with Crippen LogP contribution in [0.2, 0.25) is 6.04 Å². The summed E-state index contributed by atoms with van der Waals surface area (Å²) >= 11 is 0. The molecule has 1 aromatic carbocycles. The Morgan fingerprint density at radius 2 is 2.17 bits per heavy atom. The molecule has 0 amide bonds. The van der Waals surface area contributed by atoms with Crippen LogP contribution in [-0.2, 0) is 0 Å². The molecule has 0 fully saturated rings. The third kappa shape index (κ3) is 1.25. The van der Waals surface area contributed by atoms with E-state index in [0.29, 0.717) is 5.54 Å². The van der Waals surface area contributed by atoms with Crippen molar-refractivity contribution in [2.45, 2.75) is 18.5 Å². The number of fused-ring (bicyclic) bond motifs is 1. The van der Waals surface area contributed by atoms with E-state index in [2.05, 4.69) is 43.3 Å². The van der Waals surface area contributed by atoms with Crippen molar-refractivity contribution in [1.82, 2.24) is 0 Å².